The molecule has 0 spiro atoms. The molecule has 0 saturated heterocycles. The van der Waals surface area contributed by atoms with Gasteiger partial charge in [0.05, 0.1) is 6.20 Å². The predicted octanol–water partition coefficient (Wildman–Crippen LogP) is 0.198. The first-order valence-corrected chi connectivity index (χ1v) is 6.94. The maximum atomic E-state index is 11.9. The molecule has 0 saturated carbocycles. The van der Waals surface area contributed by atoms with Crippen LogP contribution in [0.3, 0.4) is 0 Å². The van der Waals surface area contributed by atoms with E-state index in [1.54, 1.807) is 7.05 Å². The third kappa shape index (κ3) is 3.81. The van der Waals surface area contributed by atoms with E-state index in [2.05, 4.69) is 9.82 Å². The number of nitrogens with zero attached hydrogens (tertiary/aromatic N) is 2. The number of nitrogens with one attached hydrogen (secondary N) is 1. The Morgan fingerprint density at radius 3 is 2.56 bits per heavy atom. The maximum absolute atomic E-state index is 11.9. The fourth-order valence-electron chi connectivity index (χ4n) is 1.46. The molecule has 0 aliphatic rings. The molecule has 0 aliphatic carbocycles. The van der Waals surface area contributed by atoms with Gasteiger partial charge in [0, 0.05) is 13.2 Å². The molecular formula is C10H17N3O4S. The summed E-state index contributed by atoms with van der Waals surface area (Å²) in [5, 5.41) is 12.7. The van der Waals surface area contributed by atoms with Crippen LogP contribution in [0.5, 0.6) is 0 Å². The Morgan fingerprint density at radius 1 is 1.56 bits per heavy atom. The largest absolute Gasteiger partial charge is 0.480 e. The summed E-state index contributed by atoms with van der Waals surface area (Å²) < 4.78 is 27.3. The third-order valence-corrected chi connectivity index (χ3v) is 3.72. The summed E-state index contributed by atoms with van der Waals surface area (Å²) in [4.78, 5) is 11.0. The van der Waals surface area contributed by atoms with Crippen molar-refractivity contribution in [2.75, 3.05) is 0 Å². The van der Waals surface area contributed by atoms with Gasteiger partial charge in [-0.15, -0.1) is 0 Å². The molecular weight excluding hydrogens is 258 g/mol. The molecule has 7 nitrogen and oxygen atoms in total. The van der Waals surface area contributed by atoms with E-state index in [0.717, 1.165) is 0 Å². The van der Waals surface area contributed by atoms with Gasteiger partial charge in [0.1, 0.15) is 10.9 Å². The second-order valence-corrected chi connectivity index (χ2v) is 6.21. The van der Waals surface area contributed by atoms with E-state index in [1.165, 1.54) is 17.1 Å². The lowest BCUT2D eigenvalue weighted by atomic mass is 10.1. The van der Waals surface area contributed by atoms with Crippen LogP contribution in [-0.2, 0) is 21.9 Å². The van der Waals surface area contributed by atoms with Gasteiger partial charge in [-0.25, -0.2) is 8.42 Å². The number of hydrogen-bond donors (Lipinski definition) is 2. The van der Waals surface area contributed by atoms with Crippen molar-refractivity contribution >= 4 is 16.0 Å². The Hall–Kier alpha value is -1.41. The van der Waals surface area contributed by atoms with Crippen molar-refractivity contribution in [1.82, 2.24) is 14.5 Å². The lowest BCUT2D eigenvalue weighted by molar-refractivity contribution is -0.139. The third-order valence-electron chi connectivity index (χ3n) is 2.29. The second-order valence-electron chi connectivity index (χ2n) is 4.49. The van der Waals surface area contributed by atoms with Gasteiger partial charge >= 0.3 is 5.97 Å². The van der Waals surface area contributed by atoms with Crippen LogP contribution in [0.4, 0.5) is 0 Å². The lowest BCUT2D eigenvalue weighted by Crippen LogP contribution is -2.41. The normalized spacial score (nSPS) is 13.8. The molecule has 1 atom stereocenters. The first-order valence-electron chi connectivity index (χ1n) is 5.46. The van der Waals surface area contributed by atoms with Crippen molar-refractivity contribution in [3.05, 3.63) is 12.4 Å². The van der Waals surface area contributed by atoms with Crippen LogP contribution >= 0.6 is 0 Å². The van der Waals surface area contributed by atoms with Crippen molar-refractivity contribution < 1.29 is 18.3 Å². The van der Waals surface area contributed by atoms with Crippen LogP contribution in [0.15, 0.2) is 17.3 Å². The highest BCUT2D eigenvalue weighted by Crippen LogP contribution is 2.11. The number of carbonyl (C=O) groups is 1. The van der Waals surface area contributed by atoms with Gasteiger partial charge in [0.25, 0.3) is 0 Å². The minimum Gasteiger partial charge on any atom is -0.480 e. The molecule has 0 amide bonds. The van der Waals surface area contributed by atoms with E-state index in [0.29, 0.717) is 0 Å². The lowest BCUT2D eigenvalue weighted by Gasteiger charge is -2.15. The summed E-state index contributed by atoms with van der Waals surface area (Å²) in [7, 11) is -2.26. The first kappa shape index (κ1) is 14.7. The molecule has 1 rings (SSSR count). The van der Waals surface area contributed by atoms with Crippen molar-refractivity contribution in [3.63, 3.8) is 0 Å². The van der Waals surface area contributed by atoms with E-state index in [1.807, 2.05) is 13.8 Å². The van der Waals surface area contributed by atoms with E-state index >= 15 is 0 Å². The summed E-state index contributed by atoms with van der Waals surface area (Å²) in [5.74, 6) is -1.11. The zero-order valence-corrected chi connectivity index (χ0v) is 11.3. The minimum atomic E-state index is -3.84. The summed E-state index contributed by atoms with van der Waals surface area (Å²) in [6, 6.07) is -1.13. The number of rotatable bonds is 6. The van der Waals surface area contributed by atoms with Crippen molar-refractivity contribution in [3.8, 4) is 0 Å². The fourth-order valence-corrected chi connectivity index (χ4v) is 2.65. The smallest absolute Gasteiger partial charge is 0.321 e. The average molecular weight is 275 g/mol. The van der Waals surface area contributed by atoms with Crippen molar-refractivity contribution in [1.29, 1.82) is 0 Å². The molecule has 18 heavy (non-hydrogen) atoms. The van der Waals surface area contributed by atoms with Crippen LogP contribution in [0.2, 0.25) is 0 Å². The highest BCUT2D eigenvalue weighted by Gasteiger charge is 2.26. The minimum absolute atomic E-state index is 0.0417. The number of aliphatic carboxylic acids is 1. The number of carboxylic acid groups (broad SMARTS) is 1. The van der Waals surface area contributed by atoms with Gasteiger partial charge in [-0.1, -0.05) is 13.8 Å². The Labute approximate surface area is 106 Å². The van der Waals surface area contributed by atoms with Gasteiger partial charge in [-0.2, -0.15) is 9.82 Å². The summed E-state index contributed by atoms with van der Waals surface area (Å²) in [6.45, 7) is 3.66. The molecule has 1 aromatic rings. The van der Waals surface area contributed by atoms with E-state index in [-0.39, 0.29) is 17.2 Å². The second kappa shape index (κ2) is 5.49. The van der Waals surface area contributed by atoms with Crippen LogP contribution in [0.1, 0.15) is 20.3 Å². The first-order chi connectivity index (χ1) is 8.22. The van der Waals surface area contributed by atoms with Gasteiger partial charge in [-0.05, 0) is 12.3 Å². The Morgan fingerprint density at radius 2 is 2.17 bits per heavy atom. The fraction of sp³-hybridized carbons (Fsp3) is 0.600. The number of aryl methyl sites for hydroxylation is 1. The van der Waals surface area contributed by atoms with Gasteiger partial charge in [-0.3, -0.25) is 9.48 Å². The Kier molecular flexibility index (Phi) is 4.47. The molecule has 102 valence electrons. The van der Waals surface area contributed by atoms with E-state index < -0.39 is 22.0 Å². The molecule has 8 heteroatoms. The molecule has 1 unspecified atom stereocenters. The zero-order chi connectivity index (χ0) is 13.9. The van der Waals surface area contributed by atoms with Crippen LogP contribution in [0, 0.1) is 5.92 Å². The van der Waals surface area contributed by atoms with Gasteiger partial charge in [0.15, 0.2) is 0 Å². The van der Waals surface area contributed by atoms with Gasteiger partial charge < -0.3 is 5.11 Å². The number of sulfonamides is 1. The molecule has 0 fully saturated rings. The van der Waals surface area contributed by atoms with Crippen molar-refractivity contribution in [2.24, 2.45) is 13.0 Å². The van der Waals surface area contributed by atoms with E-state index in [9.17, 15) is 13.2 Å². The summed E-state index contributed by atoms with van der Waals surface area (Å²) >= 11 is 0. The molecule has 0 bridgehead atoms. The van der Waals surface area contributed by atoms with Crippen LogP contribution < -0.4 is 4.72 Å². The average Bonchev–Trinajstić information content (AvgIpc) is 2.63. The SMILES string of the molecule is CC(C)CC(NS(=O)(=O)c1cnn(C)c1)C(=O)O. The molecule has 0 radical (unpaired) electrons. The van der Waals surface area contributed by atoms with Crippen LogP contribution in [0.25, 0.3) is 0 Å². The number of carboxylic acids is 1. The van der Waals surface area contributed by atoms with E-state index in [4.69, 9.17) is 5.11 Å². The van der Waals surface area contributed by atoms with Gasteiger partial charge in [0.2, 0.25) is 10.0 Å². The number of aromatic nitrogens is 2. The maximum Gasteiger partial charge on any atom is 0.321 e. The molecule has 0 aliphatic heterocycles. The Bertz CT molecular complexity index is 521. The molecule has 2 N–H and O–H groups in total. The highest BCUT2D eigenvalue weighted by molar-refractivity contribution is 7.89. The predicted molar refractivity (Wildman–Crippen MR) is 64.4 cm³/mol. The summed E-state index contributed by atoms with van der Waals surface area (Å²) in [5.41, 5.74) is 0. The monoisotopic (exact) mass is 275 g/mol. The van der Waals surface area contributed by atoms with Crippen molar-refractivity contribution in [2.45, 2.75) is 31.2 Å². The number of hydrogen-bond acceptors (Lipinski definition) is 4. The molecule has 1 heterocycles. The molecule has 0 aromatic carbocycles. The Balaban J connectivity index is 2.89. The quantitative estimate of drug-likeness (QED) is 0.772. The zero-order valence-electron chi connectivity index (χ0n) is 10.5. The highest BCUT2D eigenvalue weighted by atomic mass is 32.2. The molecule has 1 aromatic heterocycles. The summed E-state index contributed by atoms with van der Waals surface area (Å²) in [6.07, 6.45) is 2.72. The standard InChI is InChI=1S/C10H17N3O4S/c1-7(2)4-9(10(14)15)12-18(16,17)8-5-11-13(3)6-8/h5-7,9,12H,4H2,1-3H3,(H,14,15). The topological polar surface area (TPSA) is 101 Å². The van der Waals surface area contributed by atoms with Crippen LogP contribution in [-0.4, -0.2) is 35.3 Å².